The van der Waals surface area contributed by atoms with Crippen molar-refractivity contribution in [1.82, 2.24) is 0 Å². The zero-order chi connectivity index (χ0) is 12.7. The van der Waals surface area contributed by atoms with E-state index in [1.165, 1.54) is 25.3 Å². The number of benzene rings is 1. The molecule has 0 heterocycles. The van der Waals surface area contributed by atoms with E-state index in [0.29, 0.717) is 11.6 Å². The molecule has 1 nitrogen and oxygen atoms in total. The molecule has 0 bridgehead atoms. The molecule has 1 atom stereocenters. The molecule has 0 fully saturated rings. The second-order valence-electron chi connectivity index (χ2n) is 4.78. The minimum Gasteiger partial charge on any atom is -0.382 e. The van der Waals surface area contributed by atoms with Gasteiger partial charge in [0.25, 0.3) is 0 Å². The summed E-state index contributed by atoms with van der Waals surface area (Å²) in [4.78, 5) is 0. The lowest BCUT2D eigenvalue weighted by Gasteiger charge is -2.16. The first-order chi connectivity index (χ1) is 8.17. The third-order valence-corrected chi connectivity index (χ3v) is 3.25. The van der Waals surface area contributed by atoms with E-state index in [0.717, 1.165) is 18.5 Å². The number of rotatable bonds is 7. The van der Waals surface area contributed by atoms with Crippen LogP contribution < -0.4 is 5.32 Å². The summed E-state index contributed by atoms with van der Waals surface area (Å²) in [5, 5.41) is 3.24. The molecule has 1 aromatic rings. The van der Waals surface area contributed by atoms with E-state index in [-0.39, 0.29) is 5.82 Å². The van der Waals surface area contributed by atoms with E-state index in [9.17, 15) is 4.39 Å². The highest BCUT2D eigenvalue weighted by molar-refractivity contribution is 5.46. The van der Waals surface area contributed by atoms with Gasteiger partial charge in [-0.2, -0.15) is 0 Å². The molecule has 0 aliphatic carbocycles. The van der Waals surface area contributed by atoms with E-state index < -0.39 is 0 Å². The number of nitrogens with one attached hydrogen (secondary N) is 1. The normalized spacial score (nSPS) is 12.5. The average molecular weight is 237 g/mol. The quantitative estimate of drug-likeness (QED) is 0.720. The lowest BCUT2D eigenvalue weighted by molar-refractivity contribution is 0.471. The molecule has 0 saturated carbocycles. The Labute approximate surface area is 104 Å². The highest BCUT2D eigenvalue weighted by Crippen LogP contribution is 2.18. The fourth-order valence-corrected chi connectivity index (χ4v) is 1.97. The summed E-state index contributed by atoms with van der Waals surface area (Å²) < 4.78 is 13.5. The van der Waals surface area contributed by atoms with Crippen molar-refractivity contribution in [3.8, 4) is 0 Å². The van der Waals surface area contributed by atoms with Crippen LogP contribution in [0.25, 0.3) is 0 Å². The van der Waals surface area contributed by atoms with E-state index in [1.54, 1.807) is 6.07 Å². The lowest BCUT2D eigenvalue weighted by Crippen LogP contribution is -2.14. The van der Waals surface area contributed by atoms with Crippen molar-refractivity contribution in [1.29, 1.82) is 0 Å². The van der Waals surface area contributed by atoms with Gasteiger partial charge in [0, 0.05) is 6.54 Å². The van der Waals surface area contributed by atoms with Crippen LogP contribution in [0.2, 0.25) is 0 Å². The summed E-state index contributed by atoms with van der Waals surface area (Å²) in [6.07, 6.45) is 4.87. The van der Waals surface area contributed by atoms with Gasteiger partial charge in [0.1, 0.15) is 5.82 Å². The molecule has 0 saturated heterocycles. The van der Waals surface area contributed by atoms with Crippen LogP contribution in [0.1, 0.15) is 45.1 Å². The van der Waals surface area contributed by atoms with E-state index in [1.807, 2.05) is 13.0 Å². The van der Waals surface area contributed by atoms with Crippen molar-refractivity contribution in [2.75, 3.05) is 11.9 Å². The Morgan fingerprint density at radius 3 is 2.71 bits per heavy atom. The Hall–Kier alpha value is -1.05. The van der Waals surface area contributed by atoms with Crippen molar-refractivity contribution in [2.45, 2.75) is 46.5 Å². The van der Waals surface area contributed by atoms with Gasteiger partial charge in [0.2, 0.25) is 0 Å². The smallest absolute Gasteiger partial charge is 0.146 e. The molecule has 0 aromatic heterocycles. The van der Waals surface area contributed by atoms with Gasteiger partial charge in [-0.25, -0.2) is 4.39 Å². The van der Waals surface area contributed by atoms with Crippen molar-refractivity contribution < 1.29 is 4.39 Å². The Morgan fingerprint density at radius 2 is 2.06 bits per heavy atom. The first-order valence-electron chi connectivity index (χ1n) is 6.67. The van der Waals surface area contributed by atoms with Crippen molar-refractivity contribution >= 4 is 5.69 Å². The molecule has 96 valence electrons. The van der Waals surface area contributed by atoms with Gasteiger partial charge in [-0.15, -0.1) is 0 Å². The van der Waals surface area contributed by atoms with Gasteiger partial charge in [-0.1, -0.05) is 39.2 Å². The number of hydrogen-bond acceptors (Lipinski definition) is 1. The van der Waals surface area contributed by atoms with Crippen molar-refractivity contribution in [3.05, 3.63) is 29.6 Å². The second-order valence-corrected chi connectivity index (χ2v) is 4.78. The van der Waals surface area contributed by atoms with Crippen LogP contribution in [0, 0.1) is 18.7 Å². The zero-order valence-electron chi connectivity index (χ0n) is 11.2. The van der Waals surface area contributed by atoms with Crippen molar-refractivity contribution in [2.24, 2.45) is 5.92 Å². The summed E-state index contributed by atoms with van der Waals surface area (Å²) in [6, 6.07) is 5.21. The SMILES string of the molecule is CCCCC(CC)CNc1cc(C)ccc1F. The van der Waals surface area contributed by atoms with E-state index in [2.05, 4.69) is 19.2 Å². The van der Waals surface area contributed by atoms with Gasteiger partial charge in [0.15, 0.2) is 0 Å². The molecule has 1 N–H and O–H groups in total. The molecule has 0 amide bonds. The molecular formula is C15H24FN. The second kappa shape index (κ2) is 7.31. The van der Waals surface area contributed by atoms with Gasteiger partial charge in [0.05, 0.1) is 5.69 Å². The zero-order valence-corrected chi connectivity index (χ0v) is 11.2. The molecule has 1 rings (SSSR count). The largest absolute Gasteiger partial charge is 0.382 e. The van der Waals surface area contributed by atoms with E-state index >= 15 is 0 Å². The third kappa shape index (κ3) is 4.76. The molecule has 17 heavy (non-hydrogen) atoms. The summed E-state index contributed by atoms with van der Waals surface area (Å²) in [7, 11) is 0. The summed E-state index contributed by atoms with van der Waals surface area (Å²) >= 11 is 0. The molecule has 1 aromatic carbocycles. The van der Waals surface area contributed by atoms with Crippen LogP contribution in [0.3, 0.4) is 0 Å². The fourth-order valence-electron chi connectivity index (χ4n) is 1.97. The third-order valence-electron chi connectivity index (χ3n) is 3.25. The Kier molecular flexibility index (Phi) is 6.03. The minimum absolute atomic E-state index is 0.152. The average Bonchev–Trinajstić information content (AvgIpc) is 2.33. The summed E-state index contributed by atoms with van der Waals surface area (Å²) in [5.41, 5.74) is 1.73. The van der Waals surface area contributed by atoms with Crippen molar-refractivity contribution in [3.63, 3.8) is 0 Å². The van der Waals surface area contributed by atoms with Crippen LogP contribution in [0.4, 0.5) is 10.1 Å². The van der Waals surface area contributed by atoms with Crippen LogP contribution in [0.5, 0.6) is 0 Å². The molecule has 0 aliphatic heterocycles. The number of halogens is 1. The summed E-state index contributed by atoms with van der Waals surface area (Å²) in [5.74, 6) is 0.496. The number of aryl methyl sites for hydroxylation is 1. The number of anilines is 1. The number of hydrogen-bond donors (Lipinski definition) is 1. The van der Waals surface area contributed by atoms with Gasteiger partial charge < -0.3 is 5.32 Å². The minimum atomic E-state index is -0.152. The van der Waals surface area contributed by atoms with Crippen LogP contribution >= 0.6 is 0 Å². The number of unbranched alkanes of at least 4 members (excludes halogenated alkanes) is 1. The first kappa shape index (κ1) is 14.0. The maximum Gasteiger partial charge on any atom is 0.146 e. The topological polar surface area (TPSA) is 12.0 Å². The molecule has 0 aliphatic rings. The highest BCUT2D eigenvalue weighted by Gasteiger charge is 2.07. The van der Waals surface area contributed by atoms with Crippen LogP contribution in [0.15, 0.2) is 18.2 Å². The summed E-state index contributed by atoms with van der Waals surface area (Å²) in [6.45, 7) is 7.27. The molecular weight excluding hydrogens is 213 g/mol. The maximum absolute atomic E-state index is 13.5. The molecule has 0 radical (unpaired) electrons. The lowest BCUT2D eigenvalue weighted by atomic mass is 9.99. The van der Waals surface area contributed by atoms with Crippen LogP contribution in [-0.2, 0) is 0 Å². The Bertz CT molecular complexity index is 336. The predicted octanol–water partition coefficient (Wildman–Crippen LogP) is 4.76. The first-order valence-corrected chi connectivity index (χ1v) is 6.67. The fraction of sp³-hybridized carbons (Fsp3) is 0.600. The van der Waals surface area contributed by atoms with Gasteiger partial charge in [-0.3, -0.25) is 0 Å². The monoisotopic (exact) mass is 237 g/mol. The molecule has 0 spiro atoms. The maximum atomic E-state index is 13.5. The molecule has 1 unspecified atom stereocenters. The highest BCUT2D eigenvalue weighted by atomic mass is 19.1. The van der Waals surface area contributed by atoms with Gasteiger partial charge in [-0.05, 0) is 37.0 Å². The Balaban J connectivity index is 2.50. The molecule has 2 heteroatoms. The van der Waals surface area contributed by atoms with Crippen LogP contribution in [-0.4, -0.2) is 6.54 Å². The Morgan fingerprint density at radius 1 is 1.29 bits per heavy atom. The predicted molar refractivity (Wildman–Crippen MR) is 72.9 cm³/mol. The standard InChI is InChI=1S/C15H24FN/c1-4-6-7-13(5-2)11-17-15-10-12(3)8-9-14(15)16/h8-10,13,17H,4-7,11H2,1-3H3. The van der Waals surface area contributed by atoms with Gasteiger partial charge >= 0.3 is 0 Å². The van der Waals surface area contributed by atoms with E-state index in [4.69, 9.17) is 0 Å².